The van der Waals surface area contributed by atoms with Crippen molar-refractivity contribution in [3.05, 3.63) is 35.4 Å². The van der Waals surface area contributed by atoms with E-state index in [0.717, 1.165) is 12.1 Å². The van der Waals surface area contributed by atoms with Crippen LogP contribution < -0.4 is 5.32 Å². The number of nitrogens with zero attached hydrogens (tertiary/aromatic N) is 1. The molecule has 106 valence electrons. The molecule has 0 radical (unpaired) electrons. The molecule has 0 aliphatic carbocycles. The molecular formula is C13H12F2N2O3. The Balaban J connectivity index is 2.88. The van der Waals surface area contributed by atoms with Crippen LogP contribution in [-0.2, 0) is 4.79 Å². The number of aliphatic carboxylic acids is 1. The molecule has 1 rings (SSSR count). The van der Waals surface area contributed by atoms with Crippen molar-refractivity contribution >= 4 is 11.9 Å². The van der Waals surface area contributed by atoms with E-state index >= 15 is 0 Å². The van der Waals surface area contributed by atoms with Gasteiger partial charge in [-0.05, 0) is 18.2 Å². The summed E-state index contributed by atoms with van der Waals surface area (Å²) in [6.07, 6.45) is -0.0605. The zero-order valence-corrected chi connectivity index (χ0v) is 10.6. The highest BCUT2D eigenvalue weighted by Crippen LogP contribution is 2.12. The highest BCUT2D eigenvalue weighted by atomic mass is 19.2. The molecule has 2 N–H and O–H groups in total. The molecule has 0 fully saturated rings. The highest BCUT2D eigenvalue weighted by molar-refractivity contribution is 5.96. The van der Waals surface area contributed by atoms with Crippen molar-refractivity contribution in [3.8, 4) is 6.07 Å². The topological polar surface area (TPSA) is 90.2 Å². The second kappa shape index (κ2) is 6.61. The number of carboxylic acid groups (broad SMARTS) is 1. The number of nitriles is 1. The van der Waals surface area contributed by atoms with Crippen molar-refractivity contribution in [1.82, 2.24) is 5.32 Å². The van der Waals surface area contributed by atoms with Crippen LogP contribution in [0.3, 0.4) is 0 Å². The van der Waals surface area contributed by atoms with Gasteiger partial charge in [0.05, 0.1) is 6.07 Å². The van der Waals surface area contributed by atoms with Crippen LogP contribution in [0, 0.1) is 28.9 Å². The van der Waals surface area contributed by atoms with Gasteiger partial charge in [0.15, 0.2) is 11.6 Å². The lowest BCUT2D eigenvalue weighted by atomic mass is 9.98. The predicted octanol–water partition coefficient (Wildman–Crippen LogP) is 1.70. The van der Waals surface area contributed by atoms with Crippen molar-refractivity contribution in [2.24, 2.45) is 5.92 Å². The third-order valence-corrected chi connectivity index (χ3v) is 2.72. The van der Waals surface area contributed by atoms with Crippen LogP contribution in [0.5, 0.6) is 0 Å². The molecule has 0 saturated carbocycles. The number of rotatable bonds is 5. The molecule has 1 aromatic carbocycles. The molecule has 5 nitrogen and oxygen atoms in total. The van der Waals surface area contributed by atoms with Gasteiger partial charge in [-0.3, -0.25) is 4.79 Å². The van der Waals surface area contributed by atoms with Crippen molar-refractivity contribution in [3.63, 3.8) is 0 Å². The van der Waals surface area contributed by atoms with Crippen LogP contribution >= 0.6 is 0 Å². The average Bonchev–Trinajstić information content (AvgIpc) is 2.38. The number of carbonyl (C=O) groups is 2. The van der Waals surface area contributed by atoms with Gasteiger partial charge in [-0.2, -0.15) is 5.26 Å². The molecule has 20 heavy (non-hydrogen) atoms. The molecule has 2 atom stereocenters. The largest absolute Gasteiger partial charge is 0.480 e. The van der Waals surface area contributed by atoms with Crippen LogP contribution in [0.15, 0.2) is 18.2 Å². The minimum Gasteiger partial charge on any atom is -0.480 e. The maximum absolute atomic E-state index is 13.0. The number of amides is 1. The van der Waals surface area contributed by atoms with Gasteiger partial charge in [-0.25, -0.2) is 13.6 Å². The van der Waals surface area contributed by atoms with E-state index < -0.39 is 35.5 Å². The molecule has 0 heterocycles. The van der Waals surface area contributed by atoms with Gasteiger partial charge in [0.25, 0.3) is 5.91 Å². The first-order valence-corrected chi connectivity index (χ1v) is 5.72. The third kappa shape index (κ3) is 3.75. The summed E-state index contributed by atoms with van der Waals surface area (Å²) in [6.45, 7) is 1.49. The fraction of sp³-hybridized carbons (Fsp3) is 0.308. The van der Waals surface area contributed by atoms with Gasteiger partial charge in [0.1, 0.15) is 6.04 Å². The zero-order valence-electron chi connectivity index (χ0n) is 10.6. The minimum atomic E-state index is -1.30. The van der Waals surface area contributed by atoms with Crippen LogP contribution in [0.4, 0.5) is 8.78 Å². The van der Waals surface area contributed by atoms with Crippen molar-refractivity contribution < 1.29 is 23.5 Å². The van der Waals surface area contributed by atoms with Crippen molar-refractivity contribution in [2.75, 3.05) is 0 Å². The standard InChI is InChI=1S/C13H12F2N2O3/c1-7(4-5-16)11(13(19)20)17-12(18)8-2-3-9(14)10(15)6-8/h2-3,6-7,11H,4H2,1H3,(H,17,18)(H,19,20)/t7-,11-/m0/s1. The van der Waals surface area contributed by atoms with E-state index in [-0.39, 0.29) is 12.0 Å². The van der Waals surface area contributed by atoms with E-state index in [1.54, 1.807) is 0 Å². The second-order valence-electron chi connectivity index (χ2n) is 4.26. The maximum atomic E-state index is 13.0. The Morgan fingerprint density at radius 1 is 1.40 bits per heavy atom. The van der Waals surface area contributed by atoms with Crippen LogP contribution in [0.25, 0.3) is 0 Å². The normalized spacial score (nSPS) is 13.1. The smallest absolute Gasteiger partial charge is 0.326 e. The summed E-state index contributed by atoms with van der Waals surface area (Å²) < 4.78 is 25.7. The Hall–Kier alpha value is -2.49. The number of carboxylic acids is 1. The summed E-state index contributed by atoms with van der Waals surface area (Å²) >= 11 is 0. The molecule has 0 aliphatic heterocycles. The van der Waals surface area contributed by atoms with E-state index in [4.69, 9.17) is 10.4 Å². The molecular weight excluding hydrogens is 270 g/mol. The molecule has 0 aliphatic rings. The molecule has 0 bridgehead atoms. The first kappa shape index (κ1) is 15.6. The predicted molar refractivity (Wildman–Crippen MR) is 64.6 cm³/mol. The van der Waals surface area contributed by atoms with E-state index in [1.165, 1.54) is 6.92 Å². The van der Waals surface area contributed by atoms with E-state index in [2.05, 4.69) is 5.32 Å². The Kier molecular flexibility index (Phi) is 5.15. The van der Waals surface area contributed by atoms with Crippen LogP contribution in [0.2, 0.25) is 0 Å². The quantitative estimate of drug-likeness (QED) is 0.860. The lowest BCUT2D eigenvalue weighted by Gasteiger charge is -2.19. The third-order valence-electron chi connectivity index (χ3n) is 2.72. The first-order valence-electron chi connectivity index (χ1n) is 5.72. The number of halogens is 2. The number of carbonyl (C=O) groups excluding carboxylic acids is 1. The summed E-state index contributed by atoms with van der Waals surface area (Å²) in [6, 6.07) is 3.02. The van der Waals surface area contributed by atoms with E-state index in [1.807, 2.05) is 6.07 Å². The SMILES string of the molecule is C[C@@H](CC#N)[C@H](NC(=O)c1ccc(F)c(F)c1)C(=O)O. The Bertz CT molecular complexity index is 569. The molecule has 0 saturated heterocycles. The maximum Gasteiger partial charge on any atom is 0.326 e. The summed E-state index contributed by atoms with van der Waals surface area (Å²) in [5.41, 5.74) is -0.195. The van der Waals surface area contributed by atoms with E-state index in [9.17, 15) is 18.4 Å². The van der Waals surface area contributed by atoms with E-state index in [0.29, 0.717) is 6.07 Å². The molecule has 0 spiro atoms. The van der Waals surface area contributed by atoms with Crippen LogP contribution in [0.1, 0.15) is 23.7 Å². The Morgan fingerprint density at radius 2 is 2.05 bits per heavy atom. The number of nitrogens with one attached hydrogen (secondary N) is 1. The summed E-state index contributed by atoms with van der Waals surface area (Å²) in [5.74, 6) is -5.07. The highest BCUT2D eigenvalue weighted by Gasteiger charge is 2.27. The zero-order chi connectivity index (χ0) is 15.3. The monoisotopic (exact) mass is 282 g/mol. The van der Waals surface area contributed by atoms with Gasteiger partial charge in [-0.1, -0.05) is 6.92 Å². The number of hydrogen-bond acceptors (Lipinski definition) is 3. The van der Waals surface area contributed by atoms with Crippen molar-refractivity contribution in [2.45, 2.75) is 19.4 Å². The molecule has 7 heteroatoms. The fourth-order valence-electron chi connectivity index (χ4n) is 1.57. The molecule has 0 aromatic heterocycles. The lowest BCUT2D eigenvalue weighted by molar-refractivity contribution is -0.140. The van der Waals surface area contributed by atoms with Gasteiger partial charge in [0.2, 0.25) is 0 Å². The molecule has 0 unspecified atom stereocenters. The average molecular weight is 282 g/mol. The molecule has 1 aromatic rings. The van der Waals surface area contributed by atoms with Gasteiger partial charge < -0.3 is 10.4 Å². The first-order chi connectivity index (χ1) is 9.36. The molecule has 1 amide bonds. The minimum absolute atomic E-state index is 0.0605. The number of hydrogen-bond donors (Lipinski definition) is 2. The summed E-state index contributed by atoms with van der Waals surface area (Å²) in [7, 11) is 0. The number of benzene rings is 1. The van der Waals surface area contributed by atoms with Gasteiger partial charge >= 0.3 is 5.97 Å². The fourth-order valence-corrected chi connectivity index (χ4v) is 1.57. The summed E-state index contributed by atoms with van der Waals surface area (Å²) in [4.78, 5) is 22.8. The Morgan fingerprint density at radius 3 is 2.55 bits per heavy atom. The van der Waals surface area contributed by atoms with Crippen molar-refractivity contribution in [1.29, 1.82) is 5.26 Å². The van der Waals surface area contributed by atoms with Gasteiger partial charge in [0, 0.05) is 17.9 Å². The van der Waals surface area contributed by atoms with Gasteiger partial charge in [-0.15, -0.1) is 0 Å². The Labute approximate surface area is 113 Å². The second-order valence-corrected chi connectivity index (χ2v) is 4.26. The van der Waals surface area contributed by atoms with Crippen LogP contribution in [-0.4, -0.2) is 23.0 Å². The lowest BCUT2D eigenvalue weighted by Crippen LogP contribution is -2.45. The summed E-state index contributed by atoms with van der Waals surface area (Å²) in [5, 5.41) is 19.7.